The van der Waals surface area contributed by atoms with Gasteiger partial charge in [-0.25, -0.2) is 4.68 Å². The minimum absolute atomic E-state index is 0.00828. The minimum Gasteiger partial charge on any atom is -0.356 e. The lowest BCUT2D eigenvalue weighted by atomic mass is 9.95. The summed E-state index contributed by atoms with van der Waals surface area (Å²) in [6.07, 6.45) is 4.53. The van der Waals surface area contributed by atoms with Gasteiger partial charge < -0.3 is 10.2 Å². The molecule has 0 atom stereocenters. The van der Waals surface area contributed by atoms with Crippen molar-refractivity contribution in [2.24, 2.45) is 5.92 Å². The van der Waals surface area contributed by atoms with Crippen LogP contribution in [0.1, 0.15) is 31.7 Å². The van der Waals surface area contributed by atoms with E-state index in [1.54, 1.807) is 0 Å². The second-order valence-electron chi connectivity index (χ2n) is 8.41. The normalized spacial score (nSPS) is 14.3. The summed E-state index contributed by atoms with van der Waals surface area (Å²) < 4.78 is 1.82. The van der Waals surface area contributed by atoms with Gasteiger partial charge in [-0.15, -0.1) is 0 Å². The smallest absolute Gasteiger partial charge is 0.227 e. The first-order valence-electron chi connectivity index (χ1n) is 11.5. The summed E-state index contributed by atoms with van der Waals surface area (Å²) in [6, 6.07) is 17.4. The molecule has 0 saturated carbocycles. The first-order valence-corrected chi connectivity index (χ1v) is 11.9. The van der Waals surface area contributed by atoms with Gasteiger partial charge in [0, 0.05) is 47.9 Å². The van der Waals surface area contributed by atoms with Gasteiger partial charge in [-0.05, 0) is 43.5 Å². The Morgan fingerprint density at radius 1 is 1.06 bits per heavy atom. The highest BCUT2D eigenvalue weighted by Crippen LogP contribution is 2.27. The molecule has 172 valence electrons. The van der Waals surface area contributed by atoms with Crippen LogP contribution in [0.25, 0.3) is 16.9 Å². The number of benzene rings is 2. The number of nitrogens with zero attached hydrogens (tertiary/aromatic N) is 3. The highest BCUT2D eigenvalue weighted by atomic mass is 35.5. The molecule has 1 fully saturated rings. The van der Waals surface area contributed by atoms with Crippen LogP contribution < -0.4 is 5.32 Å². The minimum atomic E-state index is -0.00828. The highest BCUT2D eigenvalue weighted by Gasteiger charge is 2.28. The highest BCUT2D eigenvalue weighted by molar-refractivity contribution is 6.30. The average Bonchev–Trinajstić information content (AvgIpc) is 3.27. The van der Waals surface area contributed by atoms with Crippen molar-refractivity contribution in [3.63, 3.8) is 0 Å². The SMILES string of the molecule is CCCNC(=O)C1CCN(C(=O)Cc2cn(-c3ccccc3)nc2-c2ccc(Cl)cc2)CC1. The Morgan fingerprint density at radius 3 is 2.42 bits per heavy atom. The van der Waals surface area contributed by atoms with E-state index >= 15 is 0 Å². The predicted molar refractivity (Wildman–Crippen MR) is 130 cm³/mol. The van der Waals surface area contributed by atoms with Crippen molar-refractivity contribution >= 4 is 23.4 Å². The molecule has 4 rings (SSSR count). The number of piperidine rings is 1. The maximum atomic E-state index is 13.2. The van der Waals surface area contributed by atoms with Crippen LogP contribution in [0, 0.1) is 5.92 Å². The van der Waals surface area contributed by atoms with Crippen molar-refractivity contribution in [2.75, 3.05) is 19.6 Å². The van der Waals surface area contributed by atoms with Crippen molar-refractivity contribution < 1.29 is 9.59 Å². The number of carbonyl (C=O) groups excluding carboxylic acids is 2. The van der Waals surface area contributed by atoms with E-state index in [0.29, 0.717) is 37.5 Å². The summed E-state index contributed by atoms with van der Waals surface area (Å²) in [5, 5.41) is 8.42. The number of carbonyl (C=O) groups is 2. The fourth-order valence-electron chi connectivity index (χ4n) is 4.16. The van der Waals surface area contributed by atoms with Crippen LogP contribution in [0.2, 0.25) is 5.02 Å². The van der Waals surface area contributed by atoms with E-state index in [9.17, 15) is 9.59 Å². The molecule has 1 N–H and O–H groups in total. The molecule has 1 saturated heterocycles. The van der Waals surface area contributed by atoms with Crippen LogP contribution in [0.4, 0.5) is 0 Å². The Labute approximate surface area is 199 Å². The van der Waals surface area contributed by atoms with E-state index in [0.717, 1.165) is 28.9 Å². The summed E-state index contributed by atoms with van der Waals surface area (Å²) in [7, 11) is 0. The van der Waals surface area contributed by atoms with Crippen LogP contribution in [0.5, 0.6) is 0 Å². The zero-order chi connectivity index (χ0) is 23.2. The molecule has 2 aromatic carbocycles. The Morgan fingerprint density at radius 2 is 1.76 bits per heavy atom. The topological polar surface area (TPSA) is 67.2 Å². The van der Waals surface area contributed by atoms with Crippen LogP contribution in [-0.2, 0) is 16.0 Å². The van der Waals surface area contributed by atoms with Crippen LogP contribution in [0.3, 0.4) is 0 Å². The Hall–Kier alpha value is -3.12. The van der Waals surface area contributed by atoms with E-state index in [-0.39, 0.29) is 24.2 Å². The van der Waals surface area contributed by atoms with Crippen LogP contribution >= 0.6 is 11.6 Å². The number of hydrogen-bond acceptors (Lipinski definition) is 3. The molecular weight excluding hydrogens is 436 g/mol. The Bertz CT molecular complexity index is 1090. The molecule has 0 bridgehead atoms. The van der Waals surface area contributed by atoms with Crippen molar-refractivity contribution in [1.29, 1.82) is 0 Å². The average molecular weight is 465 g/mol. The molecular formula is C26H29ClN4O2. The van der Waals surface area contributed by atoms with Gasteiger partial charge in [-0.1, -0.05) is 48.9 Å². The number of hydrogen-bond donors (Lipinski definition) is 1. The molecule has 0 unspecified atom stereocenters. The lowest BCUT2D eigenvalue weighted by Crippen LogP contribution is -2.43. The summed E-state index contributed by atoms with van der Waals surface area (Å²) in [5.74, 6) is 0.161. The van der Waals surface area contributed by atoms with E-state index in [1.807, 2.05) is 77.3 Å². The van der Waals surface area contributed by atoms with Crippen LogP contribution in [-0.4, -0.2) is 46.1 Å². The van der Waals surface area contributed by atoms with Crippen molar-refractivity contribution in [1.82, 2.24) is 20.0 Å². The number of aromatic nitrogens is 2. The van der Waals surface area contributed by atoms with E-state index in [2.05, 4.69) is 5.32 Å². The third-order valence-corrected chi connectivity index (χ3v) is 6.29. The van der Waals surface area contributed by atoms with Gasteiger partial charge >= 0.3 is 0 Å². The molecule has 1 aliphatic heterocycles. The molecule has 0 spiro atoms. The van der Waals surface area contributed by atoms with Gasteiger partial charge in [0.15, 0.2) is 0 Å². The second kappa shape index (κ2) is 10.7. The Balaban J connectivity index is 1.50. The van der Waals surface area contributed by atoms with E-state index < -0.39 is 0 Å². The van der Waals surface area contributed by atoms with Gasteiger partial charge in [-0.3, -0.25) is 9.59 Å². The molecule has 0 radical (unpaired) electrons. The summed E-state index contributed by atoms with van der Waals surface area (Å²) in [5.41, 5.74) is 3.50. The molecule has 2 heterocycles. The molecule has 33 heavy (non-hydrogen) atoms. The number of amides is 2. The van der Waals surface area contributed by atoms with E-state index in [1.165, 1.54) is 0 Å². The molecule has 2 amide bonds. The predicted octanol–water partition coefficient (Wildman–Crippen LogP) is 4.50. The van der Waals surface area contributed by atoms with Gasteiger partial charge in [0.1, 0.15) is 0 Å². The zero-order valence-electron chi connectivity index (χ0n) is 18.8. The monoisotopic (exact) mass is 464 g/mol. The third-order valence-electron chi connectivity index (χ3n) is 6.04. The second-order valence-corrected chi connectivity index (χ2v) is 8.85. The van der Waals surface area contributed by atoms with Gasteiger partial charge in [0.25, 0.3) is 0 Å². The molecule has 3 aromatic rings. The van der Waals surface area contributed by atoms with Gasteiger partial charge in [0.2, 0.25) is 11.8 Å². The van der Waals surface area contributed by atoms with Crippen molar-refractivity contribution in [2.45, 2.75) is 32.6 Å². The molecule has 6 nitrogen and oxygen atoms in total. The standard InChI is InChI=1S/C26H29ClN4O2/c1-2-14-28-26(33)20-12-15-30(16-13-20)24(32)17-21-18-31(23-6-4-3-5-7-23)29-25(21)19-8-10-22(27)11-9-19/h3-11,18,20H,2,12-17H2,1H3,(H,28,33). The summed E-state index contributed by atoms with van der Waals surface area (Å²) >= 11 is 6.07. The zero-order valence-corrected chi connectivity index (χ0v) is 19.6. The molecule has 7 heteroatoms. The fraction of sp³-hybridized carbons (Fsp3) is 0.346. The maximum absolute atomic E-state index is 13.2. The number of halogens is 1. The van der Waals surface area contributed by atoms with Gasteiger partial charge in [0.05, 0.1) is 17.8 Å². The third kappa shape index (κ3) is 5.63. The largest absolute Gasteiger partial charge is 0.356 e. The number of rotatable bonds is 7. The molecule has 0 aliphatic carbocycles. The van der Waals surface area contributed by atoms with E-state index in [4.69, 9.17) is 16.7 Å². The first-order chi connectivity index (χ1) is 16.0. The maximum Gasteiger partial charge on any atom is 0.227 e. The lowest BCUT2D eigenvalue weighted by Gasteiger charge is -2.31. The number of nitrogens with one attached hydrogen (secondary N) is 1. The number of likely N-dealkylation sites (tertiary alicyclic amines) is 1. The Kier molecular flexibility index (Phi) is 7.45. The van der Waals surface area contributed by atoms with Crippen molar-refractivity contribution in [3.05, 3.63) is 71.4 Å². The first kappa shape index (κ1) is 23.1. The van der Waals surface area contributed by atoms with Crippen molar-refractivity contribution in [3.8, 4) is 16.9 Å². The summed E-state index contributed by atoms with van der Waals surface area (Å²) in [6.45, 7) is 3.95. The fourth-order valence-corrected chi connectivity index (χ4v) is 4.29. The quantitative estimate of drug-likeness (QED) is 0.559. The number of para-hydroxylation sites is 1. The molecule has 1 aromatic heterocycles. The van der Waals surface area contributed by atoms with Gasteiger partial charge in [-0.2, -0.15) is 5.10 Å². The molecule has 1 aliphatic rings. The van der Waals surface area contributed by atoms with Crippen LogP contribution in [0.15, 0.2) is 60.8 Å². The summed E-state index contributed by atoms with van der Waals surface area (Å²) in [4.78, 5) is 27.3. The lowest BCUT2D eigenvalue weighted by molar-refractivity contribution is -0.135.